The summed E-state index contributed by atoms with van der Waals surface area (Å²) >= 11 is 12.0. The lowest BCUT2D eigenvalue weighted by Crippen LogP contribution is -2.33. The van der Waals surface area contributed by atoms with E-state index >= 15 is 0 Å². The molecule has 0 radical (unpaired) electrons. The van der Waals surface area contributed by atoms with Crippen molar-refractivity contribution in [3.63, 3.8) is 0 Å². The third-order valence-corrected chi connectivity index (χ3v) is 3.80. The number of hydrogen-bond donors (Lipinski definition) is 3. The van der Waals surface area contributed by atoms with Crippen LogP contribution >= 0.6 is 23.2 Å². The van der Waals surface area contributed by atoms with Gasteiger partial charge in [-0.25, -0.2) is 0 Å². The summed E-state index contributed by atoms with van der Waals surface area (Å²) in [6.45, 7) is 0.797. The van der Waals surface area contributed by atoms with Gasteiger partial charge in [0.05, 0.1) is 10.0 Å². The molecule has 13 heteroatoms. The number of halogens is 2. The van der Waals surface area contributed by atoms with E-state index in [1.165, 1.54) is 12.1 Å². The SMILES string of the molecule is CC(=O)OCc1c(NC(OC(=O)CC(=O)O)OC(=O)CC(=O)O)ccc(Cl)c1Cl. The normalized spacial score (nSPS) is 10.2. The van der Waals surface area contributed by atoms with Gasteiger partial charge in [0.15, 0.2) is 0 Å². The van der Waals surface area contributed by atoms with Crippen LogP contribution in [0.3, 0.4) is 0 Å². The topological polar surface area (TPSA) is 166 Å². The molecule has 0 unspecified atom stereocenters. The number of hydrogen-bond acceptors (Lipinski definition) is 9. The second kappa shape index (κ2) is 11.1. The van der Waals surface area contributed by atoms with Gasteiger partial charge in [-0.05, 0) is 12.1 Å². The molecule has 3 N–H and O–H groups in total. The van der Waals surface area contributed by atoms with Crippen molar-refractivity contribution in [2.24, 2.45) is 0 Å². The maximum atomic E-state index is 11.6. The first-order valence-corrected chi connectivity index (χ1v) is 8.44. The Balaban J connectivity index is 3.12. The number of aliphatic carboxylic acids is 2. The zero-order chi connectivity index (χ0) is 22.1. The van der Waals surface area contributed by atoms with Crippen molar-refractivity contribution in [2.45, 2.75) is 32.8 Å². The van der Waals surface area contributed by atoms with Crippen LogP contribution in [0.25, 0.3) is 0 Å². The van der Waals surface area contributed by atoms with E-state index in [2.05, 4.69) is 5.32 Å². The summed E-state index contributed by atoms with van der Waals surface area (Å²) in [4.78, 5) is 55.5. The molecular weight excluding hydrogens is 437 g/mol. The summed E-state index contributed by atoms with van der Waals surface area (Å²) in [5, 5.41) is 19.8. The van der Waals surface area contributed by atoms with E-state index in [1.54, 1.807) is 0 Å². The molecule has 11 nitrogen and oxygen atoms in total. The van der Waals surface area contributed by atoms with Crippen LogP contribution in [0.15, 0.2) is 12.1 Å². The zero-order valence-corrected chi connectivity index (χ0v) is 16.3. The van der Waals surface area contributed by atoms with Crippen LogP contribution in [0.5, 0.6) is 0 Å². The minimum atomic E-state index is -1.90. The Labute approximate surface area is 173 Å². The fourth-order valence-corrected chi connectivity index (χ4v) is 2.22. The van der Waals surface area contributed by atoms with Gasteiger partial charge in [-0.15, -0.1) is 0 Å². The lowest BCUT2D eigenvalue weighted by molar-refractivity contribution is -0.184. The molecule has 29 heavy (non-hydrogen) atoms. The van der Waals surface area contributed by atoms with E-state index in [0.29, 0.717) is 0 Å². The van der Waals surface area contributed by atoms with E-state index in [1.807, 2.05) is 0 Å². The molecular formula is C16H15Cl2NO10. The lowest BCUT2D eigenvalue weighted by Gasteiger charge is -2.22. The predicted octanol–water partition coefficient (Wildman–Crippen LogP) is 1.79. The largest absolute Gasteiger partial charge is 0.481 e. The highest BCUT2D eigenvalue weighted by Crippen LogP contribution is 2.32. The van der Waals surface area contributed by atoms with Crippen molar-refractivity contribution in [2.75, 3.05) is 5.32 Å². The molecule has 0 fully saturated rings. The third-order valence-electron chi connectivity index (χ3n) is 2.96. The van der Waals surface area contributed by atoms with Crippen molar-refractivity contribution < 1.29 is 48.4 Å². The standard InChI is InChI=1S/C16H15Cl2NO10/c1-7(20)27-6-8-10(3-2-9(17)15(8)18)19-16(28-13(25)4-11(21)22)29-14(26)5-12(23)24/h2-3,16,19H,4-6H2,1H3,(H,21,22)(H,23,24). The number of benzene rings is 1. The second-order valence-electron chi connectivity index (χ2n) is 5.26. The lowest BCUT2D eigenvalue weighted by atomic mass is 10.2. The number of carboxylic acids is 2. The number of anilines is 1. The first-order chi connectivity index (χ1) is 13.5. The zero-order valence-electron chi connectivity index (χ0n) is 14.8. The Bertz CT molecular complexity index is 796. The van der Waals surface area contributed by atoms with Gasteiger partial charge in [0.1, 0.15) is 19.4 Å². The Morgan fingerprint density at radius 3 is 1.97 bits per heavy atom. The van der Waals surface area contributed by atoms with Crippen LogP contribution in [0.2, 0.25) is 10.0 Å². The molecule has 0 aliphatic heterocycles. The molecule has 0 saturated heterocycles. The average molecular weight is 452 g/mol. The van der Waals surface area contributed by atoms with Gasteiger partial charge >= 0.3 is 36.3 Å². The van der Waals surface area contributed by atoms with Crippen molar-refractivity contribution in [3.8, 4) is 0 Å². The quantitative estimate of drug-likeness (QED) is 0.269. The molecule has 0 aromatic heterocycles. The Hall–Kier alpha value is -3.05. The maximum Gasteiger partial charge on any atom is 0.329 e. The van der Waals surface area contributed by atoms with Crippen LogP contribution in [0.4, 0.5) is 5.69 Å². The third kappa shape index (κ3) is 8.66. The average Bonchev–Trinajstić information content (AvgIpc) is 2.55. The number of esters is 3. The summed E-state index contributed by atoms with van der Waals surface area (Å²) in [5.74, 6) is -6.20. The Morgan fingerprint density at radius 2 is 1.52 bits per heavy atom. The van der Waals surface area contributed by atoms with Crippen LogP contribution in [0.1, 0.15) is 25.3 Å². The van der Waals surface area contributed by atoms with Crippen LogP contribution < -0.4 is 5.32 Å². The Morgan fingerprint density at radius 1 is 1.00 bits per heavy atom. The van der Waals surface area contributed by atoms with E-state index in [-0.39, 0.29) is 27.9 Å². The smallest absolute Gasteiger partial charge is 0.329 e. The first-order valence-electron chi connectivity index (χ1n) is 7.69. The molecule has 0 spiro atoms. The number of carbonyl (C=O) groups excluding carboxylic acids is 3. The molecule has 0 bridgehead atoms. The van der Waals surface area contributed by atoms with E-state index in [4.69, 9.17) is 47.6 Å². The predicted molar refractivity (Wildman–Crippen MR) is 96.0 cm³/mol. The number of ether oxygens (including phenoxy) is 3. The second-order valence-corrected chi connectivity index (χ2v) is 6.05. The molecule has 0 aliphatic rings. The number of carboxylic acid groups (broad SMARTS) is 2. The van der Waals surface area contributed by atoms with Crippen molar-refractivity contribution in [1.29, 1.82) is 0 Å². The molecule has 1 rings (SSSR count). The van der Waals surface area contributed by atoms with Gasteiger partial charge in [0.2, 0.25) is 0 Å². The van der Waals surface area contributed by atoms with Crippen LogP contribution in [-0.4, -0.2) is 46.5 Å². The fourth-order valence-electron chi connectivity index (χ4n) is 1.82. The molecule has 0 aliphatic carbocycles. The number of nitrogens with one attached hydrogen (secondary N) is 1. The van der Waals surface area contributed by atoms with Crippen molar-refractivity contribution in [1.82, 2.24) is 0 Å². The monoisotopic (exact) mass is 451 g/mol. The van der Waals surface area contributed by atoms with Crippen molar-refractivity contribution >= 4 is 58.7 Å². The van der Waals surface area contributed by atoms with Gasteiger partial charge in [-0.3, -0.25) is 24.0 Å². The van der Waals surface area contributed by atoms with Gasteiger partial charge < -0.3 is 29.7 Å². The van der Waals surface area contributed by atoms with Gasteiger partial charge in [-0.1, -0.05) is 23.2 Å². The fraction of sp³-hybridized carbons (Fsp3) is 0.312. The maximum absolute atomic E-state index is 11.6. The Kier molecular flexibility index (Phi) is 9.16. The van der Waals surface area contributed by atoms with Crippen molar-refractivity contribution in [3.05, 3.63) is 27.7 Å². The molecule has 0 heterocycles. The number of rotatable bonds is 10. The first kappa shape index (κ1) is 24.0. The van der Waals surface area contributed by atoms with Gasteiger partial charge in [0.25, 0.3) is 0 Å². The van der Waals surface area contributed by atoms with E-state index < -0.39 is 49.1 Å². The minimum Gasteiger partial charge on any atom is -0.481 e. The summed E-state index contributed by atoms with van der Waals surface area (Å²) in [7, 11) is 0. The summed E-state index contributed by atoms with van der Waals surface area (Å²) < 4.78 is 14.3. The molecule has 1 aromatic carbocycles. The molecule has 158 valence electrons. The highest BCUT2D eigenvalue weighted by atomic mass is 35.5. The van der Waals surface area contributed by atoms with E-state index in [0.717, 1.165) is 6.92 Å². The highest BCUT2D eigenvalue weighted by Gasteiger charge is 2.24. The number of carbonyl (C=O) groups is 5. The van der Waals surface area contributed by atoms with Gasteiger partial charge in [-0.2, -0.15) is 0 Å². The summed E-state index contributed by atoms with van der Waals surface area (Å²) in [6.07, 6.45) is -3.99. The summed E-state index contributed by atoms with van der Waals surface area (Å²) in [5.41, 5.74) is 0.180. The van der Waals surface area contributed by atoms with Crippen LogP contribution in [-0.2, 0) is 44.8 Å². The molecule has 1 aromatic rings. The van der Waals surface area contributed by atoms with Gasteiger partial charge in [0, 0.05) is 18.2 Å². The molecule has 0 amide bonds. The van der Waals surface area contributed by atoms with Crippen LogP contribution in [0, 0.1) is 0 Å². The highest BCUT2D eigenvalue weighted by molar-refractivity contribution is 6.42. The molecule has 0 atom stereocenters. The minimum absolute atomic E-state index is 0.0228. The molecule has 0 saturated carbocycles. The van der Waals surface area contributed by atoms with E-state index in [9.17, 15) is 24.0 Å². The summed E-state index contributed by atoms with van der Waals surface area (Å²) in [6, 6.07) is 2.66.